The van der Waals surface area contributed by atoms with Gasteiger partial charge in [-0.15, -0.1) is 0 Å². The molecule has 0 amide bonds. The third-order valence-electron chi connectivity index (χ3n) is 3.83. The number of rotatable bonds is 4. The van der Waals surface area contributed by atoms with E-state index < -0.39 is 11.8 Å². The summed E-state index contributed by atoms with van der Waals surface area (Å²) in [6.45, 7) is 3.63. The second-order valence-corrected chi connectivity index (χ2v) is 5.34. The van der Waals surface area contributed by atoms with E-state index in [2.05, 4.69) is 0 Å². The van der Waals surface area contributed by atoms with Crippen molar-refractivity contribution in [1.82, 2.24) is 0 Å². The van der Waals surface area contributed by atoms with Crippen molar-refractivity contribution in [1.29, 1.82) is 0 Å². The van der Waals surface area contributed by atoms with Crippen molar-refractivity contribution in [3.8, 4) is 0 Å². The minimum absolute atomic E-state index is 0.0247. The molecule has 0 aliphatic heterocycles. The molecule has 94 valence electrons. The van der Waals surface area contributed by atoms with Crippen LogP contribution in [0.3, 0.4) is 0 Å². The highest BCUT2D eigenvalue weighted by molar-refractivity contribution is 5.36. The van der Waals surface area contributed by atoms with Crippen LogP contribution in [0, 0.1) is 5.92 Å². The Hall–Kier alpha value is -0.960. The van der Waals surface area contributed by atoms with E-state index in [1.165, 1.54) is 6.07 Å². The fraction of sp³-hybridized carbons (Fsp3) is 0.571. The largest absolute Gasteiger partial charge is 0.330 e. The summed E-state index contributed by atoms with van der Waals surface area (Å²) in [5, 5.41) is 0. The van der Waals surface area contributed by atoms with Crippen molar-refractivity contribution in [2.24, 2.45) is 11.7 Å². The quantitative estimate of drug-likeness (QED) is 0.856. The van der Waals surface area contributed by atoms with Gasteiger partial charge in [0.2, 0.25) is 0 Å². The van der Waals surface area contributed by atoms with Crippen LogP contribution in [0.4, 0.5) is 8.78 Å². The molecule has 1 aromatic rings. The van der Waals surface area contributed by atoms with E-state index in [9.17, 15) is 8.78 Å². The Labute approximate surface area is 101 Å². The maximum atomic E-state index is 13.9. The molecular weight excluding hydrogens is 220 g/mol. The summed E-state index contributed by atoms with van der Waals surface area (Å²) in [5.74, 6) is -3.45. The van der Waals surface area contributed by atoms with Gasteiger partial charge < -0.3 is 5.73 Å². The van der Waals surface area contributed by atoms with E-state index in [1.54, 1.807) is 26.0 Å². The van der Waals surface area contributed by atoms with Crippen molar-refractivity contribution in [2.75, 3.05) is 6.54 Å². The van der Waals surface area contributed by atoms with Gasteiger partial charge in [0, 0.05) is 23.4 Å². The highest BCUT2D eigenvalue weighted by Gasteiger charge is 2.44. The minimum atomic E-state index is -2.76. The molecule has 2 N–H and O–H groups in total. The van der Waals surface area contributed by atoms with Crippen molar-refractivity contribution in [3.05, 3.63) is 35.4 Å². The molecule has 3 heteroatoms. The fourth-order valence-corrected chi connectivity index (χ4v) is 2.15. The van der Waals surface area contributed by atoms with Crippen molar-refractivity contribution in [2.45, 2.75) is 38.0 Å². The van der Waals surface area contributed by atoms with Gasteiger partial charge in [0.25, 0.3) is 5.92 Å². The van der Waals surface area contributed by atoms with Crippen LogP contribution < -0.4 is 5.73 Å². The molecule has 17 heavy (non-hydrogen) atoms. The molecule has 1 aliphatic carbocycles. The van der Waals surface area contributed by atoms with Crippen molar-refractivity contribution in [3.63, 3.8) is 0 Å². The van der Waals surface area contributed by atoms with Gasteiger partial charge in [-0.05, 0) is 24.5 Å². The van der Waals surface area contributed by atoms with Gasteiger partial charge >= 0.3 is 0 Å². The van der Waals surface area contributed by atoms with Crippen LogP contribution in [-0.4, -0.2) is 6.54 Å². The molecule has 0 saturated heterocycles. The second-order valence-electron chi connectivity index (χ2n) is 5.34. The molecule has 0 atom stereocenters. The summed E-state index contributed by atoms with van der Waals surface area (Å²) in [6.07, 6.45) is 2.03. The lowest BCUT2D eigenvalue weighted by atomic mass is 9.90. The molecule has 0 spiro atoms. The van der Waals surface area contributed by atoms with Crippen LogP contribution in [-0.2, 0) is 11.3 Å². The Kier molecular flexibility index (Phi) is 2.98. The first-order valence-electron chi connectivity index (χ1n) is 6.11. The van der Waals surface area contributed by atoms with E-state index in [0.29, 0.717) is 6.54 Å². The van der Waals surface area contributed by atoms with E-state index in [0.717, 1.165) is 18.4 Å². The topological polar surface area (TPSA) is 26.0 Å². The fourth-order valence-electron chi connectivity index (χ4n) is 2.15. The van der Waals surface area contributed by atoms with Gasteiger partial charge in [-0.3, -0.25) is 0 Å². The van der Waals surface area contributed by atoms with Gasteiger partial charge in [-0.2, -0.15) is 0 Å². The highest BCUT2D eigenvalue weighted by atomic mass is 19.3. The molecular formula is C14H19F2N. The molecule has 1 aromatic carbocycles. The Bertz CT molecular complexity index is 408. The molecule has 1 nitrogen and oxygen atoms in total. The maximum absolute atomic E-state index is 13.9. The summed E-state index contributed by atoms with van der Waals surface area (Å²) in [6, 6.07) is 6.78. The Morgan fingerprint density at radius 3 is 2.47 bits per heavy atom. The Morgan fingerprint density at radius 1 is 1.35 bits per heavy atom. The molecule has 0 heterocycles. The SMILES string of the molecule is CC(C)C(F)(F)c1cccc(C2(CN)CC2)c1. The van der Waals surface area contributed by atoms with Crippen LogP contribution in [0.5, 0.6) is 0 Å². The lowest BCUT2D eigenvalue weighted by Crippen LogP contribution is -2.23. The van der Waals surface area contributed by atoms with E-state index >= 15 is 0 Å². The lowest BCUT2D eigenvalue weighted by Gasteiger charge is -2.22. The third kappa shape index (κ3) is 2.08. The standard InChI is InChI=1S/C14H19F2N/c1-10(2)14(15,16)12-5-3-4-11(8-12)13(9-17)6-7-13/h3-5,8,10H,6-7,9,17H2,1-2H3. The first-order valence-corrected chi connectivity index (χ1v) is 6.11. The predicted molar refractivity (Wildman–Crippen MR) is 65.1 cm³/mol. The van der Waals surface area contributed by atoms with Gasteiger partial charge in [-0.25, -0.2) is 8.78 Å². The normalized spacial score (nSPS) is 18.5. The van der Waals surface area contributed by atoms with E-state index in [4.69, 9.17) is 5.73 Å². The van der Waals surface area contributed by atoms with Crippen LogP contribution in [0.15, 0.2) is 24.3 Å². The van der Waals surface area contributed by atoms with Crippen molar-refractivity contribution < 1.29 is 8.78 Å². The van der Waals surface area contributed by atoms with Crippen LogP contribution in [0.25, 0.3) is 0 Å². The third-order valence-corrected chi connectivity index (χ3v) is 3.83. The highest BCUT2D eigenvalue weighted by Crippen LogP contribution is 2.48. The van der Waals surface area contributed by atoms with Crippen LogP contribution >= 0.6 is 0 Å². The molecule has 1 aliphatic rings. The summed E-state index contributed by atoms with van der Waals surface area (Å²) in [4.78, 5) is 0. The number of hydrogen-bond acceptors (Lipinski definition) is 1. The first-order chi connectivity index (χ1) is 7.92. The van der Waals surface area contributed by atoms with Gasteiger partial charge in [0.05, 0.1) is 0 Å². The Morgan fingerprint density at radius 2 is 2.00 bits per heavy atom. The number of alkyl halides is 2. The maximum Gasteiger partial charge on any atom is 0.275 e. The molecule has 1 saturated carbocycles. The second kappa shape index (κ2) is 4.05. The zero-order valence-corrected chi connectivity index (χ0v) is 10.3. The number of nitrogens with two attached hydrogens (primary N) is 1. The number of hydrogen-bond donors (Lipinski definition) is 1. The van der Waals surface area contributed by atoms with Gasteiger partial charge in [0.15, 0.2) is 0 Å². The van der Waals surface area contributed by atoms with Gasteiger partial charge in [-0.1, -0.05) is 32.0 Å². The molecule has 0 unspecified atom stereocenters. The molecule has 0 radical (unpaired) electrons. The average molecular weight is 239 g/mol. The minimum Gasteiger partial charge on any atom is -0.330 e. The lowest BCUT2D eigenvalue weighted by molar-refractivity contribution is -0.0514. The summed E-state index contributed by atoms with van der Waals surface area (Å²) < 4.78 is 27.9. The van der Waals surface area contributed by atoms with Gasteiger partial charge in [0.1, 0.15) is 0 Å². The van der Waals surface area contributed by atoms with Crippen molar-refractivity contribution >= 4 is 0 Å². The molecule has 2 rings (SSSR count). The number of halogens is 2. The summed E-state index contributed by atoms with van der Waals surface area (Å²) in [5.41, 5.74) is 6.79. The molecule has 0 aromatic heterocycles. The zero-order valence-electron chi connectivity index (χ0n) is 10.3. The summed E-state index contributed by atoms with van der Waals surface area (Å²) >= 11 is 0. The summed E-state index contributed by atoms with van der Waals surface area (Å²) in [7, 11) is 0. The smallest absolute Gasteiger partial charge is 0.275 e. The van der Waals surface area contributed by atoms with E-state index in [1.807, 2.05) is 6.07 Å². The average Bonchev–Trinajstić information content (AvgIpc) is 3.10. The number of benzene rings is 1. The molecule has 1 fully saturated rings. The zero-order chi connectivity index (χ0) is 12.7. The molecule has 0 bridgehead atoms. The monoisotopic (exact) mass is 239 g/mol. The van der Waals surface area contributed by atoms with Crippen LogP contribution in [0.2, 0.25) is 0 Å². The predicted octanol–water partition coefficient (Wildman–Crippen LogP) is 3.42. The Balaban J connectivity index is 2.35. The first kappa shape index (κ1) is 12.5. The van der Waals surface area contributed by atoms with E-state index in [-0.39, 0.29) is 11.0 Å². The van der Waals surface area contributed by atoms with Crippen LogP contribution in [0.1, 0.15) is 37.8 Å².